The number of carbonyl (C=O) groups excluding carboxylic acids is 1. The van der Waals surface area contributed by atoms with Gasteiger partial charge in [-0.2, -0.15) is 0 Å². The average Bonchev–Trinajstić information content (AvgIpc) is 3.12. The fourth-order valence-electron chi connectivity index (χ4n) is 10.1. The Bertz CT molecular complexity index is 1540. The van der Waals surface area contributed by atoms with Gasteiger partial charge in [0.2, 0.25) is 0 Å². The minimum Gasteiger partial charge on any atom is -0.392 e. The Morgan fingerprint density at radius 1 is 0.760 bits per heavy atom. The van der Waals surface area contributed by atoms with Crippen LogP contribution in [0.5, 0.6) is 0 Å². The van der Waals surface area contributed by atoms with Gasteiger partial charge in [0.25, 0.3) is 0 Å². The normalized spacial score (nSPS) is 32.6. The van der Waals surface area contributed by atoms with E-state index in [1.54, 1.807) is 0 Å². The molecule has 4 saturated carbocycles. The predicted octanol–water partition coefficient (Wildman–Crippen LogP) is 6.56. The first-order valence-corrected chi connectivity index (χ1v) is 19.0. The maximum Gasteiger partial charge on any atom is 0.315 e. The van der Waals surface area contributed by atoms with Crippen LogP contribution >= 0.6 is 0 Å². The van der Waals surface area contributed by atoms with Gasteiger partial charge in [0.05, 0.1) is 18.8 Å². The zero-order valence-electron chi connectivity index (χ0n) is 29.5. The van der Waals surface area contributed by atoms with Crippen molar-refractivity contribution < 1.29 is 19.4 Å². The molecule has 8 heteroatoms. The fraction of sp³-hybridized carbons (Fsp3) is 0.548. The number of aliphatic hydroxyl groups excluding tert-OH is 1. The molecule has 266 valence electrons. The molecule has 3 aromatic carbocycles. The summed E-state index contributed by atoms with van der Waals surface area (Å²) in [6, 6.07) is 27.1. The van der Waals surface area contributed by atoms with E-state index in [1.165, 1.54) is 24.8 Å². The highest BCUT2D eigenvalue weighted by Gasteiger charge is 2.51. The molecule has 2 heterocycles. The van der Waals surface area contributed by atoms with Crippen molar-refractivity contribution in [2.45, 2.75) is 89.2 Å². The number of ether oxygens (including phenoxy) is 2. The summed E-state index contributed by atoms with van der Waals surface area (Å²) >= 11 is 0. The van der Waals surface area contributed by atoms with Crippen LogP contribution in [0.4, 0.5) is 4.79 Å². The second kappa shape index (κ2) is 14.8. The highest BCUT2D eigenvalue weighted by Crippen LogP contribution is 2.55. The third-order valence-electron chi connectivity index (χ3n) is 12.4. The Labute approximate surface area is 297 Å². The van der Waals surface area contributed by atoms with Crippen molar-refractivity contribution in [3.63, 3.8) is 0 Å². The first kappa shape index (κ1) is 33.9. The van der Waals surface area contributed by atoms with Crippen LogP contribution in [0.3, 0.4) is 0 Å². The number of aliphatic hydroxyl groups is 1. The van der Waals surface area contributed by atoms with Crippen molar-refractivity contribution in [3.05, 3.63) is 107 Å². The lowest BCUT2D eigenvalue weighted by Crippen LogP contribution is -2.61. The molecule has 4 atom stereocenters. The average molecular weight is 679 g/mol. The molecule has 3 aromatic rings. The Kier molecular flexibility index (Phi) is 9.99. The number of rotatable bonds is 10. The van der Waals surface area contributed by atoms with Crippen molar-refractivity contribution in [1.29, 1.82) is 0 Å². The van der Waals surface area contributed by atoms with E-state index in [2.05, 4.69) is 94.1 Å². The first-order valence-electron chi connectivity index (χ1n) is 19.0. The first-order chi connectivity index (χ1) is 24.4. The molecule has 4 bridgehead atoms. The van der Waals surface area contributed by atoms with E-state index in [4.69, 9.17) is 9.47 Å². The van der Waals surface area contributed by atoms with Crippen molar-refractivity contribution >= 4 is 6.03 Å². The zero-order valence-corrected chi connectivity index (χ0v) is 29.5. The quantitative estimate of drug-likeness (QED) is 0.226. The highest BCUT2D eigenvalue weighted by molar-refractivity contribution is 5.75. The Hall–Kier alpha value is -3.27. The summed E-state index contributed by atoms with van der Waals surface area (Å²) < 4.78 is 13.5. The van der Waals surface area contributed by atoms with Crippen molar-refractivity contribution in [2.24, 2.45) is 23.7 Å². The van der Waals surface area contributed by atoms with E-state index in [0.29, 0.717) is 6.54 Å². The standard InChI is InChI=1S/C42H54N4O4/c1-29-38(27-46-17-15-45(16-18-46)26-31-5-3-2-4-6-31)49-40(50-39(29)36-11-9-32(28-47)10-12-36)37-13-7-30(8-14-37)25-43-41(48)44-42-22-33-19-34(23-42)21-35(20-33)24-42/h2-14,29,33-35,38-40,47H,15-28H2,1H3,(H2,43,44,48)/t29-,33?,34?,35?,38+,39+,40+,42?/m1/s1. The van der Waals surface area contributed by atoms with Crippen LogP contribution in [0.25, 0.3) is 0 Å². The lowest BCUT2D eigenvalue weighted by atomic mass is 9.53. The van der Waals surface area contributed by atoms with Gasteiger partial charge < -0.3 is 25.2 Å². The third-order valence-corrected chi connectivity index (χ3v) is 12.4. The molecule has 3 N–H and O–H groups in total. The number of amides is 2. The second-order valence-electron chi connectivity index (χ2n) is 16.1. The summed E-state index contributed by atoms with van der Waals surface area (Å²) in [7, 11) is 0. The molecule has 50 heavy (non-hydrogen) atoms. The number of nitrogens with one attached hydrogen (secondary N) is 2. The summed E-state index contributed by atoms with van der Waals surface area (Å²) in [6.45, 7) is 8.70. The van der Waals surface area contributed by atoms with Gasteiger partial charge in [-0.1, -0.05) is 85.8 Å². The van der Waals surface area contributed by atoms with E-state index in [-0.39, 0.29) is 36.3 Å². The Morgan fingerprint density at radius 2 is 1.36 bits per heavy atom. The largest absolute Gasteiger partial charge is 0.392 e. The molecular formula is C42H54N4O4. The van der Waals surface area contributed by atoms with Crippen LogP contribution in [-0.2, 0) is 29.2 Å². The number of carbonyl (C=O) groups is 1. The molecule has 4 aliphatic carbocycles. The molecule has 2 saturated heterocycles. The number of hydrogen-bond acceptors (Lipinski definition) is 6. The van der Waals surface area contributed by atoms with Gasteiger partial charge in [-0.15, -0.1) is 0 Å². The molecule has 0 aromatic heterocycles. The molecule has 6 fully saturated rings. The number of piperazine rings is 1. The van der Waals surface area contributed by atoms with E-state index >= 15 is 0 Å². The maximum absolute atomic E-state index is 13.1. The lowest BCUT2D eigenvalue weighted by Gasteiger charge is -2.56. The van der Waals surface area contributed by atoms with E-state index in [1.807, 2.05) is 12.1 Å². The molecule has 6 aliphatic rings. The minimum absolute atomic E-state index is 0.00781. The molecule has 0 unspecified atom stereocenters. The smallest absolute Gasteiger partial charge is 0.315 e. The maximum atomic E-state index is 13.1. The number of hydrogen-bond donors (Lipinski definition) is 3. The van der Waals surface area contributed by atoms with E-state index < -0.39 is 6.29 Å². The van der Waals surface area contributed by atoms with Crippen LogP contribution in [0.15, 0.2) is 78.9 Å². The van der Waals surface area contributed by atoms with Crippen molar-refractivity contribution in [2.75, 3.05) is 32.7 Å². The number of nitrogens with zero attached hydrogens (tertiary/aromatic N) is 2. The minimum atomic E-state index is -0.500. The van der Waals surface area contributed by atoms with Gasteiger partial charge in [-0.05, 0) is 78.5 Å². The number of benzene rings is 3. The second-order valence-corrected chi connectivity index (χ2v) is 16.1. The topological polar surface area (TPSA) is 86.3 Å². The van der Waals surface area contributed by atoms with Gasteiger partial charge in [0.1, 0.15) is 0 Å². The molecule has 2 amide bonds. The van der Waals surface area contributed by atoms with Crippen LogP contribution in [0.2, 0.25) is 0 Å². The SMILES string of the molecule is C[C@@H]1[C@H](CN2CCN(Cc3ccccc3)CC2)O[C@H](c2ccc(CNC(=O)NC34CC5CC(CC(C5)C3)C4)cc2)O[C@@H]1c1ccc(CO)cc1. The van der Waals surface area contributed by atoms with Crippen LogP contribution in [0.1, 0.15) is 85.7 Å². The van der Waals surface area contributed by atoms with Crippen LogP contribution in [-0.4, -0.2) is 65.3 Å². The van der Waals surface area contributed by atoms with Gasteiger partial charge >= 0.3 is 6.03 Å². The molecular weight excluding hydrogens is 624 g/mol. The summed E-state index contributed by atoms with van der Waals surface area (Å²) in [5, 5.41) is 16.2. The van der Waals surface area contributed by atoms with Crippen molar-refractivity contribution in [3.8, 4) is 0 Å². The Morgan fingerprint density at radius 3 is 2.00 bits per heavy atom. The highest BCUT2D eigenvalue weighted by atomic mass is 16.7. The van der Waals surface area contributed by atoms with Gasteiger partial charge in [0.15, 0.2) is 6.29 Å². The third kappa shape index (κ3) is 7.65. The van der Waals surface area contributed by atoms with Crippen LogP contribution < -0.4 is 10.6 Å². The summed E-state index contributed by atoms with van der Waals surface area (Å²) in [5.41, 5.74) is 5.41. The molecule has 2 aliphatic heterocycles. The fourth-order valence-corrected chi connectivity index (χ4v) is 10.1. The van der Waals surface area contributed by atoms with Crippen LogP contribution in [0, 0.1) is 23.7 Å². The summed E-state index contributed by atoms with van der Waals surface area (Å²) in [4.78, 5) is 18.2. The molecule has 0 radical (unpaired) electrons. The zero-order chi connectivity index (χ0) is 34.1. The number of urea groups is 1. The summed E-state index contributed by atoms with van der Waals surface area (Å²) in [5.74, 6) is 2.55. The van der Waals surface area contributed by atoms with E-state index in [0.717, 1.165) is 98.5 Å². The monoisotopic (exact) mass is 678 g/mol. The van der Waals surface area contributed by atoms with Crippen molar-refractivity contribution in [1.82, 2.24) is 20.4 Å². The van der Waals surface area contributed by atoms with Gasteiger partial charge in [0, 0.05) is 62.8 Å². The predicted molar refractivity (Wildman–Crippen MR) is 194 cm³/mol. The van der Waals surface area contributed by atoms with E-state index in [9.17, 15) is 9.90 Å². The molecule has 8 nitrogen and oxygen atoms in total. The molecule has 0 spiro atoms. The molecule has 9 rings (SSSR count). The lowest BCUT2D eigenvalue weighted by molar-refractivity contribution is -0.276. The Balaban J connectivity index is 0.900. The van der Waals surface area contributed by atoms with Gasteiger partial charge in [-0.3, -0.25) is 9.80 Å². The van der Waals surface area contributed by atoms with Gasteiger partial charge in [-0.25, -0.2) is 4.79 Å². The summed E-state index contributed by atoms with van der Waals surface area (Å²) in [6.07, 6.45) is 6.91.